The van der Waals surface area contributed by atoms with Crippen molar-refractivity contribution >= 4 is 174 Å². The van der Waals surface area contributed by atoms with Crippen LogP contribution in [0.3, 0.4) is 0 Å². The molecule has 2 aromatic heterocycles. The van der Waals surface area contributed by atoms with Gasteiger partial charge in [-0.15, -0.1) is 0 Å². The van der Waals surface area contributed by atoms with Crippen molar-refractivity contribution in [2.75, 3.05) is 10.2 Å². The molecule has 1 N–H and O–H groups in total. The number of hydrogen-bond donors (Lipinski definition) is 1. The highest BCUT2D eigenvalue weighted by Gasteiger charge is 2.20. The molecule has 5 heteroatoms. The molecule has 0 saturated carbocycles. The van der Waals surface area contributed by atoms with E-state index in [1.54, 1.807) is 0 Å². The molecule has 0 aliphatic heterocycles. The van der Waals surface area contributed by atoms with Gasteiger partial charge < -0.3 is 19.4 Å². The Bertz CT molecular complexity index is 7150. The molecule has 0 unspecified atom stereocenters. The predicted molar refractivity (Wildman–Crippen MR) is 471 cm³/mol. The average Bonchev–Trinajstić information content (AvgIpc) is 1.70. The smallest absolute Gasteiger partial charge is 0.0546 e. The van der Waals surface area contributed by atoms with E-state index < -0.39 is 0 Å². The molecule has 0 bridgehead atoms. The van der Waals surface area contributed by atoms with Crippen molar-refractivity contribution in [1.82, 2.24) is 9.13 Å². The Morgan fingerprint density at radius 1 is 0.211 bits per heavy atom. The summed E-state index contributed by atoms with van der Waals surface area (Å²) in [6.45, 7) is 0. The second-order valence-electron chi connectivity index (χ2n) is 28.1. The number of benzene rings is 20. The lowest BCUT2D eigenvalue weighted by Gasteiger charge is -2.28. The fourth-order valence-electron chi connectivity index (χ4n) is 16.6. The first kappa shape index (κ1) is 64.7. The Morgan fingerprint density at radius 3 is 0.963 bits per heavy atom. The maximum absolute atomic E-state index is 3.67. The molecule has 22 aromatic rings. The largest absolute Gasteiger partial charge is 0.355 e. The van der Waals surface area contributed by atoms with Crippen LogP contribution in [0.15, 0.2) is 417 Å². The molecule has 20 aromatic carbocycles. The van der Waals surface area contributed by atoms with Crippen molar-refractivity contribution in [3.05, 3.63) is 417 Å². The maximum Gasteiger partial charge on any atom is 0.0546 e. The number of para-hydroxylation sites is 4. The van der Waals surface area contributed by atoms with Crippen molar-refractivity contribution in [1.29, 1.82) is 0 Å². The Morgan fingerprint density at radius 2 is 0.514 bits per heavy atom. The summed E-state index contributed by atoms with van der Waals surface area (Å²) < 4.78 is 5.80. The van der Waals surface area contributed by atoms with Gasteiger partial charge >= 0.3 is 0 Å². The first-order valence-electron chi connectivity index (χ1n) is 37.2. The van der Waals surface area contributed by atoms with Gasteiger partial charge in [-0.05, 0) is 219 Å². The van der Waals surface area contributed by atoms with Crippen molar-refractivity contribution < 1.29 is 0 Å². The summed E-state index contributed by atoms with van der Waals surface area (Å²) >= 11 is 3.50. The minimum atomic E-state index is 1.08. The summed E-state index contributed by atoms with van der Waals surface area (Å²) in [5, 5.41) is 29.0. The lowest BCUT2D eigenvalue weighted by atomic mass is 9.96. The molecule has 0 atom stereocenters. The second kappa shape index (κ2) is 27.6. The zero-order valence-electron chi connectivity index (χ0n) is 59.5. The molecule has 22 rings (SSSR count). The average molecular weight is 1450 g/mol. The van der Waals surface area contributed by atoms with Gasteiger partial charge in [0.25, 0.3) is 0 Å². The molecule has 512 valence electrons. The van der Waals surface area contributed by atoms with Gasteiger partial charge in [0, 0.05) is 70.9 Å². The van der Waals surface area contributed by atoms with Crippen LogP contribution < -0.4 is 10.2 Å². The van der Waals surface area contributed by atoms with E-state index in [0.29, 0.717) is 0 Å². The maximum atomic E-state index is 3.67. The third-order valence-electron chi connectivity index (χ3n) is 21.8. The molecule has 0 aliphatic rings. The highest BCUT2D eigenvalue weighted by molar-refractivity contribution is 9.10. The zero-order chi connectivity index (χ0) is 72.3. The SMILES string of the molecule is Brc1ccc(-n2c3ccccc3c3ccccc32)cc1.c1ccc2c(c1)ccc1ccc(-c3ccc(N(c4ccc(-n5c6ccccc6c6ccccc65)cc4)c4cc5ccccc5c5ccccc45)cc3)cc12.c1ccc2c(c1)ccc1ccc(-c3ccc(Nc4cc5ccccc5c5ccccc45)cc3)cc12. The Hall–Kier alpha value is -13.8. The molecular weight excluding hydrogens is 1390 g/mol. The number of nitrogens with zero attached hydrogens (tertiary/aromatic N) is 3. The van der Waals surface area contributed by atoms with Crippen LogP contribution in [-0.2, 0) is 0 Å². The third-order valence-corrected chi connectivity index (χ3v) is 22.3. The van der Waals surface area contributed by atoms with Gasteiger partial charge in [0.1, 0.15) is 0 Å². The van der Waals surface area contributed by atoms with Gasteiger partial charge in [0.05, 0.1) is 27.8 Å². The van der Waals surface area contributed by atoms with Crippen LogP contribution in [0, 0.1) is 0 Å². The Kier molecular flexibility index (Phi) is 16.4. The van der Waals surface area contributed by atoms with Gasteiger partial charge in [-0.25, -0.2) is 0 Å². The van der Waals surface area contributed by atoms with E-state index in [2.05, 4.69) is 448 Å². The normalized spacial score (nSPS) is 11.5. The van der Waals surface area contributed by atoms with E-state index in [0.717, 1.165) is 38.6 Å². The van der Waals surface area contributed by atoms with Gasteiger partial charge in [0.15, 0.2) is 0 Å². The molecule has 0 saturated heterocycles. The highest BCUT2D eigenvalue weighted by atomic mass is 79.9. The fraction of sp³-hybridized carbons (Fsp3) is 0. The van der Waals surface area contributed by atoms with Crippen LogP contribution in [0.1, 0.15) is 0 Å². The van der Waals surface area contributed by atoms with Crippen molar-refractivity contribution in [3.63, 3.8) is 0 Å². The summed E-state index contributed by atoms with van der Waals surface area (Å²) in [6, 6.07) is 149. The number of fused-ring (bicyclic) bond motifs is 18. The first-order valence-corrected chi connectivity index (χ1v) is 38.0. The van der Waals surface area contributed by atoms with E-state index in [4.69, 9.17) is 0 Å². The lowest BCUT2D eigenvalue weighted by Crippen LogP contribution is -2.11. The standard InChI is InChI=1S/C52H34N2.C34H23N.C18H12BrN/c1-3-13-43-36(11-1)21-22-37-23-24-38(33-49(37)43)35-25-27-40(28-26-35)53(52-34-39-12-2-4-14-44(39)45-15-5-6-16-46(45)52)41-29-31-42(32-30-41)54-50-19-9-7-17-47(50)48-18-8-10-20-51(48)54;1-3-9-29-24(7-1)13-14-25-15-16-26(21-33(25)29)23-17-19-28(20-18-23)35-34-22-27-8-2-4-10-30(27)31-11-5-6-12-32(31)34;19-13-9-11-14(12-10-13)20-17-7-3-1-5-15(17)16-6-2-4-8-18(16)20/h1-34H;1-22,35H;1-12H. The Balaban J connectivity index is 0.000000120. The van der Waals surface area contributed by atoms with Crippen molar-refractivity contribution in [2.45, 2.75) is 0 Å². The van der Waals surface area contributed by atoms with Crippen molar-refractivity contribution in [3.8, 4) is 33.6 Å². The van der Waals surface area contributed by atoms with E-state index in [1.165, 1.54) is 158 Å². The van der Waals surface area contributed by atoms with E-state index in [1.807, 2.05) is 0 Å². The summed E-state index contributed by atoms with van der Waals surface area (Å²) in [4.78, 5) is 2.42. The minimum absolute atomic E-state index is 1.08. The summed E-state index contributed by atoms with van der Waals surface area (Å²) in [7, 11) is 0. The topological polar surface area (TPSA) is 25.1 Å². The van der Waals surface area contributed by atoms with Crippen LogP contribution in [0.4, 0.5) is 28.4 Å². The van der Waals surface area contributed by atoms with Gasteiger partial charge in [-0.2, -0.15) is 0 Å². The number of aromatic nitrogens is 2. The summed E-state index contributed by atoms with van der Waals surface area (Å²) in [6.07, 6.45) is 0. The number of nitrogens with one attached hydrogen (secondary N) is 1. The molecule has 2 heterocycles. The number of rotatable bonds is 9. The zero-order valence-corrected chi connectivity index (χ0v) is 61.1. The van der Waals surface area contributed by atoms with Gasteiger partial charge in [0.2, 0.25) is 0 Å². The first-order chi connectivity index (χ1) is 54.0. The molecule has 0 amide bonds. The second-order valence-corrected chi connectivity index (χ2v) is 29.0. The number of hydrogen-bond acceptors (Lipinski definition) is 2. The van der Waals surface area contributed by atoms with Crippen molar-refractivity contribution in [2.24, 2.45) is 0 Å². The summed E-state index contributed by atoms with van der Waals surface area (Å²) in [5.74, 6) is 0. The lowest BCUT2D eigenvalue weighted by molar-refractivity contribution is 1.17. The molecule has 0 spiro atoms. The minimum Gasteiger partial charge on any atom is -0.355 e. The highest BCUT2D eigenvalue weighted by Crippen LogP contribution is 2.45. The number of halogens is 1. The van der Waals surface area contributed by atoms with Crippen LogP contribution in [0.25, 0.3) is 163 Å². The van der Waals surface area contributed by atoms with Crippen LogP contribution in [-0.4, -0.2) is 9.13 Å². The predicted octanol–water partition coefficient (Wildman–Crippen LogP) is 29.8. The molecule has 109 heavy (non-hydrogen) atoms. The molecule has 0 radical (unpaired) electrons. The van der Waals surface area contributed by atoms with Crippen LogP contribution in [0.2, 0.25) is 0 Å². The molecule has 4 nitrogen and oxygen atoms in total. The number of anilines is 5. The van der Waals surface area contributed by atoms with Crippen LogP contribution in [0.5, 0.6) is 0 Å². The van der Waals surface area contributed by atoms with E-state index in [9.17, 15) is 0 Å². The van der Waals surface area contributed by atoms with Gasteiger partial charge in [-0.1, -0.05) is 307 Å². The van der Waals surface area contributed by atoms with E-state index in [-0.39, 0.29) is 0 Å². The fourth-order valence-corrected chi connectivity index (χ4v) is 16.9. The van der Waals surface area contributed by atoms with E-state index >= 15 is 0 Å². The van der Waals surface area contributed by atoms with Crippen LogP contribution >= 0.6 is 15.9 Å². The van der Waals surface area contributed by atoms with Gasteiger partial charge in [-0.3, -0.25) is 0 Å². The monoisotopic (exact) mass is 1450 g/mol. The molecule has 0 fully saturated rings. The molecule has 0 aliphatic carbocycles. The molecular formula is C104H69BrN4. The quantitative estimate of drug-likeness (QED) is 0.146. The Labute approximate surface area is 639 Å². The summed E-state index contributed by atoms with van der Waals surface area (Å²) in [5.41, 5.74) is 17.7. The third kappa shape index (κ3) is 11.8.